The number of sulfonamides is 2. The maximum absolute atomic E-state index is 14.5. The topological polar surface area (TPSA) is 215 Å². The van der Waals surface area contributed by atoms with E-state index >= 15 is 0 Å². The molecule has 0 aliphatic carbocycles. The van der Waals surface area contributed by atoms with Gasteiger partial charge in [-0.15, -0.1) is 0 Å². The van der Waals surface area contributed by atoms with Crippen molar-refractivity contribution in [3.05, 3.63) is 71.8 Å². The van der Waals surface area contributed by atoms with Crippen molar-refractivity contribution in [2.75, 3.05) is 43.0 Å². The van der Waals surface area contributed by atoms with Crippen LogP contribution in [0, 0.1) is 0 Å². The third-order valence-corrected chi connectivity index (χ3v) is 17.5. The van der Waals surface area contributed by atoms with E-state index in [1.165, 1.54) is 92.6 Å². The maximum Gasteiger partial charge on any atom is 0.418 e. The van der Waals surface area contributed by atoms with Crippen LogP contribution in [0.25, 0.3) is 0 Å². The molecule has 77 heavy (non-hydrogen) atoms. The van der Waals surface area contributed by atoms with Gasteiger partial charge in [0.25, 0.3) is 33.7 Å². The average molecular weight is 1110 g/mol. The summed E-state index contributed by atoms with van der Waals surface area (Å²) >= 11 is 0. The van der Waals surface area contributed by atoms with E-state index in [2.05, 4.69) is 30.8 Å². The molecule has 2 aliphatic heterocycles. The van der Waals surface area contributed by atoms with E-state index in [1.807, 2.05) is 6.07 Å². The number of carbonyl (C=O) groups excluding carboxylic acids is 5. The first kappa shape index (κ1) is 62.3. The molecule has 2 aliphatic rings. The Hall–Kier alpha value is -5.53. The predicted octanol–water partition coefficient (Wildman–Crippen LogP) is 11.5. The number of nitrogens with zero attached hydrogens (tertiary/aromatic N) is 3. The van der Waals surface area contributed by atoms with Crippen molar-refractivity contribution in [1.82, 2.24) is 14.5 Å². The number of fused-ring (bicyclic) bond motifs is 1. The first-order chi connectivity index (χ1) is 36.9. The number of imide groups is 2. The number of para-hydroxylation sites is 1. The Labute approximate surface area is 458 Å². The third kappa shape index (κ3) is 17.5. The van der Waals surface area contributed by atoms with Crippen molar-refractivity contribution in [2.24, 2.45) is 0 Å². The summed E-state index contributed by atoms with van der Waals surface area (Å²) in [6.07, 6.45) is 21.5. The molecule has 426 valence electrons. The first-order valence-corrected chi connectivity index (χ1v) is 31.1. The number of nitrogens with one attached hydrogen (secondary N) is 2. The van der Waals surface area contributed by atoms with Crippen molar-refractivity contribution < 1.29 is 55.0 Å². The average Bonchev–Trinajstić information content (AvgIpc) is 3.93. The predicted molar refractivity (Wildman–Crippen MR) is 299 cm³/mol. The normalized spacial score (nSPS) is 14.6. The zero-order chi connectivity index (χ0) is 56.0. The minimum Gasteiger partial charge on any atom is -0.495 e. The number of methoxy groups -OCH3 is 1. The lowest BCUT2D eigenvalue weighted by atomic mass is 10.1. The molecule has 0 spiro atoms. The fraction of sp³-hybridized carbons (Fsp3) is 0.603. The lowest BCUT2D eigenvalue weighted by Gasteiger charge is -2.27. The van der Waals surface area contributed by atoms with E-state index in [0.29, 0.717) is 49.4 Å². The highest BCUT2D eigenvalue weighted by Crippen LogP contribution is 2.34. The number of ether oxygens (including phenoxy) is 3. The van der Waals surface area contributed by atoms with Crippen LogP contribution in [0.3, 0.4) is 0 Å². The molecule has 17 nitrogen and oxygen atoms in total. The number of benzene rings is 3. The van der Waals surface area contributed by atoms with Gasteiger partial charge in [0.2, 0.25) is 16.1 Å². The molecule has 1 atom stereocenters. The minimum atomic E-state index is -4.67. The van der Waals surface area contributed by atoms with Gasteiger partial charge in [-0.05, 0) is 87.6 Å². The summed E-state index contributed by atoms with van der Waals surface area (Å²) in [6.45, 7) is 9.99. The van der Waals surface area contributed by atoms with Gasteiger partial charge in [0.1, 0.15) is 11.5 Å². The number of rotatable bonds is 36. The van der Waals surface area contributed by atoms with Crippen molar-refractivity contribution in [3.8, 4) is 11.5 Å². The second kappa shape index (κ2) is 30.6. The van der Waals surface area contributed by atoms with Crippen LogP contribution in [0.5, 0.6) is 11.5 Å². The van der Waals surface area contributed by atoms with E-state index in [0.717, 1.165) is 102 Å². The molecule has 3 aromatic rings. The Morgan fingerprint density at radius 1 is 0.688 bits per heavy atom. The van der Waals surface area contributed by atoms with Gasteiger partial charge >= 0.3 is 6.09 Å². The van der Waals surface area contributed by atoms with Crippen LogP contribution in [-0.2, 0) is 45.6 Å². The Bertz CT molecular complexity index is 2660. The lowest BCUT2D eigenvalue weighted by molar-refractivity contribution is -0.144. The molecule has 2 heterocycles. The Morgan fingerprint density at radius 2 is 1.22 bits per heavy atom. The Balaban J connectivity index is 1.44. The van der Waals surface area contributed by atoms with Gasteiger partial charge in [0.05, 0.1) is 34.8 Å². The SMILES string of the molecule is CCCCCCCCCCCCOc1ccc(S(=O)(=O)Nc2cc(S(=O)(=O)N(CCCCCCCC)CCCCCCCC)ccc2OC)cc1C(=O)NC(=O)C(C(=O)N1CCc2ccccc21)N1C(=O)OC(C)(C)C1=O. The Kier molecular flexibility index (Phi) is 24.7. The molecule has 1 fully saturated rings. The summed E-state index contributed by atoms with van der Waals surface area (Å²) in [5.74, 6) is -4.53. The molecule has 1 saturated heterocycles. The van der Waals surface area contributed by atoms with Crippen molar-refractivity contribution >= 4 is 61.1 Å². The van der Waals surface area contributed by atoms with E-state index in [4.69, 9.17) is 14.2 Å². The maximum atomic E-state index is 14.5. The van der Waals surface area contributed by atoms with Crippen LogP contribution in [-0.4, -0.2) is 101 Å². The number of hydrogen-bond donors (Lipinski definition) is 2. The lowest BCUT2D eigenvalue weighted by Crippen LogP contribution is -2.59. The molecular weight excluding hydrogens is 1020 g/mol. The molecule has 3 aromatic carbocycles. The highest BCUT2D eigenvalue weighted by Gasteiger charge is 2.55. The van der Waals surface area contributed by atoms with E-state index in [9.17, 15) is 40.8 Å². The van der Waals surface area contributed by atoms with Gasteiger partial charge in [-0.2, -0.15) is 4.31 Å². The smallest absolute Gasteiger partial charge is 0.418 e. The number of unbranched alkanes of at least 4 members (excludes halogenated alkanes) is 19. The zero-order valence-corrected chi connectivity index (χ0v) is 48.1. The van der Waals surface area contributed by atoms with E-state index < -0.39 is 71.9 Å². The summed E-state index contributed by atoms with van der Waals surface area (Å²) in [5, 5.41) is 2.17. The van der Waals surface area contributed by atoms with E-state index in [-0.39, 0.29) is 35.2 Å². The molecule has 0 radical (unpaired) electrons. The van der Waals surface area contributed by atoms with Crippen LogP contribution in [0.4, 0.5) is 16.2 Å². The number of carbonyl (C=O) groups is 5. The van der Waals surface area contributed by atoms with Crippen molar-refractivity contribution in [2.45, 2.75) is 204 Å². The number of amides is 5. The molecule has 0 bridgehead atoms. The van der Waals surface area contributed by atoms with Gasteiger partial charge in [0, 0.05) is 25.3 Å². The standard InChI is InChI=1S/C58H85N5O12S2/c1-7-10-13-16-19-20-21-22-25-30-41-74-50-35-33-45(42-47(50)53(64)59-54(65)52(63-56(67)58(4,5)75-57(63)68)55(66)62-40-37-44-31-26-27-32-49(44)62)76(69,70)60-48-43-46(34-36-51(48)73-6)77(71,72)61(38-28-23-17-14-11-8-2)39-29-24-18-15-12-9-3/h26-27,31-36,42-43,52,60H,7-25,28-30,37-41H2,1-6H3,(H,59,64,65). The quantitative estimate of drug-likeness (QED) is 0.0411. The summed E-state index contributed by atoms with van der Waals surface area (Å²) in [7, 11) is -7.46. The van der Waals surface area contributed by atoms with Crippen LogP contribution < -0.4 is 24.4 Å². The van der Waals surface area contributed by atoms with Gasteiger partial charge in [0.15, 0.2) is 5.60 Å². The van der Waals surface area contributed by atoms with E-state index in [1.54, 1.807) is 18.2 Å². The summed E-state index contributed by atoms with van der Waals surface area (Å²) < 4.78 is 78.7. The van der Waals surface area contributed by atoms with Gasteiger partial charge in [-0.3, -0.25) is 29.2 Å². The fourth-order valence-electron chi connectivity index (χ4n) is 9.73. The largest absolute Gasteiger partial charge is 0.495 e. The summed E-state index contributed by atoms with van der Waals surface area (Å²) in [6, 6.07) is 12.3. The van der Waals surface area contributed by atoms with Crippen molar-refractivity contribution in [1.29, 1.82) is 0 Å². The molecule has 5 rings (SSSR count). The monoisotopic (exact) mass is 1110 g/mol. The van der Waals surface area contributed by atoms with Gasteiger partial charge in [-0.1, -0.05) is 161 Å². The Morgan fingerprint density at radius 3 is 1.78 bits per heavy atom. The van der Waals surface area contributed by atoms with Gasteiger partial charge in [-0.25, -0.2) is 26.5 Å². The fourth-order valence-corrected chi connectivity index (χ4v) is 12.4. The zero-order valence-electron chi connectivity index (χ0n) is 46.5. The summed E-state index contributed by atoms with van der Waals surface area (Å²) in [4.78, 5) is 71.5. The van der Waals surface area contributed by atoms with Crippen LogP contribution in [0.2, 0.25) is 0 Å². The third-order valence-electron chi connectivity index (χ3n) is 14.2. The highest BCUT2D eigenvalue weighted by molar-refractivity contribution is 7.92. The molecule has 0 saturated carbocycles. The van der Waals surface area contributed by atoms with Crippen molar-refractivity contribution in [3.63, 3.8) is 0 Å². The van der Waals surface area contributed by atoms with Crippen LogP contribution in [0.1, 0.15) is 192 Å². The molecule has 19 heteroatoms. The first-order valence-electron chi connectivity index (χ1n) is 28.2. The molecule has 5 amide bonds. The highest BCUT2D eigenvalue weighted by atomic mass is 32.2. The second-order valence-electron chi connectivity index (χ2n) is 20.7. The minimum absolute atomic E-state index is 0.0282. The van der Waals surface area contributed by atoms with Crippen LogP contribution >= 0.6 is 0 Å². The number of anilines is 2. The summed E-state index contributed by atoms with van der Waals surface area (Å²) in [5.41, 5.74) is -1.06. The number of cyclic esters (lactones) is 1. The molecule has 1 unspecified atom stereocenters. The molecular formula is C58H85N5O12S2. The molecule has 2 N–H and O–H groups in total. The number of hydrogen-bond acceptors (Lipinski definition) is 12. The second-order valence-corrected chi connectivity index (χ2v) is 24.4. The van der Waals surface area contributed by atoms with Crippen LogP contribution in [0.15, 0.2) is 70.5 Å². The molecule has 0 aromatic heterocycles. The van der Waals surface area contributed by atoms with Gasteiger partial charge < -0.3 is 19.1 Å².